The molecule has 4 nitrogen and oxygen atoms in total. The average molecular weight is 264 g/mol. The van der Waals surface area contributed by atoms with Crippen LogP contribution in [0.1, 0.15) is 31.7 Å². The lowest BCUT2D eigenvalue weighted by atomic mass is 10.2. The number of rotatable bonds is 8. The van der Waals surface area contributed by atoms with Gasteiger partial charge in [-0.2, -0.15) is 0 Å². The number of benzene rings is 1. The van der Waals surface area contributed by atoms with Crippen LogP contribution in [0.15, 0.2) is 24.3 Å². The van der Waals surface area contributed by atoms with E-state index in [4.69, 9.17) is 10.5 Å². The maximum absolute atomic E-state index is 11.5. The third kappa shape index (κ3) is 6.25. The van der Waals surface area contributed by atoms with Crippen LogP contribution in [0.5, 0.6) is 5.75 Å². The summed E-state index contributed by atoms with van der Waals surface area (Å²) in [5.74, 6) is 0.889. The van der Waals surface area contributed by atoms with Gasteiger partial charge in [0, 0.05) is 6.42 Å². The van der Waals surface area contributed by atoms with Crippen molar-refractivity contribution in [3.05, 3.63) is 29.8 Å². The first kappa shape index (κ1) is 15.5. The molecular weight excluding hydrogens is 240 g/mol. The van der Waals surface area contributed by atoms with Gasteiger partial charge in [0.2, 0.25) is 5.91 Å². The molecule has 19 heavy (non-hydrogen) atoms. The van der Waals surface area contributed by atoms with Gasteiger partial charge in [0.1, 0.15) is 11.9 Å². The van der Waals surface area contributed by atoms with Crippen LogP contribution < -0.4 is 15.8 Å². The Morgan fingerprint density at radius 3 is 2.89 bits per heavy atom. The molecular formula is C15H24N2O2. The number of aryl methyl sites for hydroxylation is 1. The van der Waals surface area contributed by atoms with Crippen molar-refractivity contribution in [1.29, 1.82) is 0 Å². The van der Waals surface area contributed by atoms with Gasteiger partial charge in [-0.1, -0.05) is 19.1 Å². The summed E-state index contributed by atoms with van der Waals surface area (Å²) in [6.45, 7) is 5.16. The Bertz CT molecular complexity index is 393. The molecule has 0 spiro atoms. The normalized spacial score (nSPS) is 11.9. The Labute approximate surface area is 115 Å². The van der Waals surface area contributed by atoms with E-state index in [1.54, 1.807) is 0 Å². The van der Waals surface area contributed by atoms with E-state index in [2.05, 4.69) is 5.32 Å². The van der Waals surface area contributed by atoms with E-state index in [1.807, 2.05) is 38.1 Å². The molecule has 1 rings (SSSR count). The zero-order valence-electron chi connectivity index (χ0n) is 11.8. The minimum atomic E-state index is 0.00336. The summed E-state index contributed by atoms with van der Waals surface area (Å²) in [5.41, 5.74) is 6.54. The summed E-state index contributed by atoms with van der Waals surface area (Å²) in [6.07, 6.45) is 2.06. The maximum atomic E-state index is 11.5. The number of hydrogen-bond acceptors (Lipinski definition) is 3. The molecule has 0 aromatic heterocycles. The lowest BCUT2D eigenvalue weighted by molar-refractivity contribution is -0.121. The third-order valence-electron chi connectivity index (χ3n) is 2.88. The molecule has 1 amide bonds. The van der Waals surface area contributed by atoms with E-state index in [1.165, 1.54) is 5.56 Å². The average Bonchev–Trinajstić information content (AvgIpc) is 2.41. The first-order chi connectivity index (χ1) is 9.15. The molecule has 1 atom stereocenters. The fourth-order valence-electron chi connectivity index (χ4n) is 1.73. The van der Waals surface area contributed by atoms with Crippen LogP contribution in [-0.2, 0) is 4.79 Å². The van der Waals surface area contributed by atoms with E-state index >= 15 is 0 Å². The van der Waals surface area contributed by atoms with Crippen LogP contribution in [0.4, 0.5) is 0 Å². The van der Waals surface area contributed by atoms with Gasteiger partial charge < -0.3 is 15.8 Å². The second kappa shape index (κ2) is 8.53. The molecule has 1 aromatic rings. The number of carbonyl (C=O) groups is 1. The molecule has 0 aliphatic rings. The fourth-order valence-corrected chi connectivity index (χ4v) is 1.73. The molecule has 106 valence electrons. The summed E-state index contributed by atoms with van der Waals surface area (Å²) >= 11 is 0. The van der Waals surface area contributed by atoms with Crippen molar-refractivity contribution in [3.63, 3.8) is 0 Å². The topological polar surface area (TPSA) is 64.4 Å². The van der Waals surface area contributed by atoms with Crippen LogP contribution in [0.3, 0.4) is 0 Å². The summed E-state index contributed by atoms with van der Waals surface area (Å²) in [4.78, 5) is 11.5. The van der Waals surface area contributed by atoms with Crippen molar-refractivity contribution in [1.82, 2.24) is 5.32 Å². The van der Waals surface area contributed by atoms with E-state index < -0.39 is 0 Å². The number of carbonyl (C=O) groups excluding carboxylic acids is 1. The Balaban J connectivity index is 2.39. The number of hydrogen-bond donors (Lipinski definition) is 2. The van der Waals surface area contributed by atoms with Gasteiger partial charge in [0.15, 0.2) is 0 Å². The second-order valence-electron chi connectivity index (χ2n) is 4.66. The highest BCUT2D eigenvalue weighted by Gasteiger charge is 2.10. The summed E-state index contributed by atoms with van der Waals surface area (Å²) in [7, 11) is 0. The largest absolute Gasteiger partial charge is 0.489 e. The number of ether oxygens (including phenoxy) is 1. The Hall–Kier alpha value is -1.55. The molecule has 0 heterocycles. The third-order valence-corrected chi connectivity index (χ3v) is 2.88. The predicted molar refractivity (Wildman–Crippen MR) is 77.2 cm³/mol. The molecule has 0 bridgehead atoms. The zero-order valence-corrected chi connectivity index (χ0v) is 11.8. The minimum absolute atomic E-state index is 0.00336. The summed E-state index contributed by atoms with van der Waals surface area (Å²) in [6, 6.07) is 7.93. The SMILES string of the molecule is CCC(CNC(=O)CCCN)Oc1cccc(C)c1. The van der Waals surface area contributed by atoms with Crippen molar-refractivity contribution in [2.24, 2.45) is 5.73 Å². The van der Waals surface area contributed by atoms with Crippen molar-refractivity contribution in [2.75, 3.05) is 13.1 Å². The molecule has 0 aliphatic carbocycles. The van der Waals surface area contributed by atoms with Gasteiger partial charge in [-0.3, -0.25) is 4.79 Å². The van der Waals surface area contributed by atoms with Crippen molar-refractivity contribution in [2.45, 2.75) is 39.2 Å². The van der Waals surface area contributed by atoms with Gasteiger partial charge in [-0.05, 0) is 44.0 Å². The van der Waals surface area contributed by atoms with Gasteiger partial charge in [0.05, 0.1) is 6.54 Å². The smallest absolute Gasteiger partial charge is 0.220 e. The predicted octanol–water partition coefficient (Wildman–Crippen LogP) is 2.01. The zero-order chi connectivity index (χ0) is 14.1. The van der Waals surface area contributed by atoms with E-state index in [0.717, 1.165) is 18.6 Å². The van der Waals surface area contributed by atoms with Crippen molar-refractivity contribution < 1.29 is 9.53 Å². The van der Waals surface area contributed by atoms with Crippen LogP contribution in [0, 0.1) is 6.92 Å². The molecule has 0 fully saturated rings. The molecule has 0 saturated heterocycles. The van der Waals surface area contributed by atoms with Crippen molar-refractivity contribution >= 4 is 5.91 Å². The van der Waals surface area contributed by atoms with Crippen LogP contribution in [0.2, 0.25) is 0 Å². The van der Waals surface area contributed by atoms with Crippen LogP contribution >= 0.6 is 0 Å². The molecule has 0 aliphatic heterocycles. The highest BCUT2D eigenvalue weighted by Crippen LogP contribution is 2.15. The maximum Gasteiger partial charge on any atom is 0.220 e. The lowest BCUT2D eigenvalue weighted by Gasteiger charge is -2.18. The minimum Gasteiger partial charge on any atom is -0.489 e. The highest BCUT2D eigenvalue weighted by atomic mass is 16.5. The molecule has 1 aromatic carbocycles. The molecule has 3 N–H and O–H groups in total. The van der Waals surface area contributed by atoms with Crippen LogP contribution in [-0.4, -0.2) is 25.1 Å². The standard InChI is InChI=1S/C15H24N2O2/c1-3-13(11-17-15(18)8-5-9-16)19-14-7-4-6-12(2)10-14/h4,6-7,10,13H,3,5,8-9,11,16H2,1-2H3,(H,17,18). The molecule has 0 saturated carbocycles. The van der Waals surface area contributed by atoms with Crippen molar-refractivity contribution in [3.8, 4) is 5.75 Å². The first-order valence-corrected chi connectivity index (χ1v) is 6.85. The Morgan fingerprint density at radius 1 is 1.47 bits per heavy atom. The van der Waals surface area contributed by atoms with Crippen LogP contribution in [0.25, 0.3) is 0 Å². The highest BCUT2D eigenvalue weighted by molar-refractivity contribution is 5.75. The number of nitrogens with one attached hydrogen (secondary N) is 1. The molecule has 0 radical (unpaired) electrons. The first-order valence-electron chi connectivity index (χ1n) is 6.85. The van der Waals surface area contributed by atoms with Gasteiger partial charge in [0.25, 0.3) is 0 Å². The molecule has 1 unspecified atom stereocenters. The quantitative estimate of drug-likeness (QED) is 0.755. The lowest BCUT2D eigenvalue weighted by Crippen LogP contribution is -2.35. The van der Waals surface area contributed by atoms with Gasteiger partial charge in [-0.25, -0.2) is 0 Å². The van der Waals surface area contributed by atoms with E-state index in [0.29, 0.717) is 19.5 Å². The van der Waals surface area contributed by atoms with E-state index in [9.17, 15) is 4.79 Å². The summed E-state index contributed by atoms with van der Waals surface area (Å²) < 4.78 is 5.86. The Morgan fingerprint density at radius 2 is 2.26 bits per heavy atom. The van der Waals surface area contributed by atoms with Gasteiger partial charge in [-0.15, -0.1) is 0 Å². The van der Waals surface area contributed by atoms with E-state index in [-0.39, 0.29) is 12.0 Å². The number of nitrogens with two attached hydrogens (primary N) is 1. The Kier molecular flexibility index (Phi) is 6.97. The monoisotopic (exact) mass is 264 g/mol. The number of amides is 1. The van der Waals surface area contributed by atoms with Gasteiger partial charge >= 0.3 is 0 Å². The summed E-state index contributed by atoms with van der Waals surface area (Å²) in [5, 5.41) is 2.88. The second-order valence-corrected chi connectivity index (χ2v) is 4.66. The molecule has 4 heteroatoms. The fraction of sp³-hybridized carbons (Fsp3) is 0.533.